The van der Waals surface area contributed by atoms with Gasteiger partial charge in [-0.3, -0.25) is 0 Å². The first-order chi connectivity index (χ1) is 7.67. The minimum Gasteiger partial charge on any atom is -0.465 e. The van der Waals surface area contributed by atoms with Crippen LogP contribution in [0.3, 0.4) is 0 Å². The number of rotatable bonds is 5. The number of ether oxygens (including phenoxy) is 1. The predicted octanol–water partition coefficient (Wildman–Crippen LogP) is 3.07. The molecule has 1 atom stereocenters. The quantitative estimate of drug-likeness (QED) is 0.776. The summed E-state index contributed by atoms with van der Waals surface area (Å²) < 4.78 is 4.64. The summed E-state index contributed by atoms with van der Waals surface area (Å²) in [5, 5.41) is 3.37. The van der Waals surface area contributed by atoms with E-state index in [0.717, 1.165) is 18.5 Å². The van der Waals surface area contributed by atoms with Crippen LogP contribution in [0.2, 0.25) is 0 Å². The molecule has 0 aliphatic rings. The highest BCUT2D eigenvalue weighted by molar-refractivity contribution is 5.89. The van der Waals surface area contributed by atoms with Crippen molar-refractivity contribution in [1.82, 2.24) is 0 Å². The number of hydrogen-bond acceptors (Lipinski definition) is 3. The molecule has 3 nitrogen and oxygen atoms in total. The van der Waals surface area contributed by atoms with Gasteiger partial charge in [0, 0.05) is 11.7 Å². The highest BCUT2D eigenvalue weighted by Gasteiger charge is 2.05. The Balaban J connectivity index is 2.61. The molecule has 3 heteroatoms. The third-order valence-electron chi connectivity index (χ3n) is 2.44. The second-order valence-corrected chi connectivity index (χ2v) is 3.90. The first-order valence-corrected chi connectivity index (χ1v) is 5.62. The number of anilines is 1. The fourth-order valence-corrected chi connectivity index (χ4v) is 1.61. The molecule has 1 unspecified atom stereocenters. The van der Waals surface area contributed by atoms with Crippen LogP contribution in [0.15, 0.2) is 24.3 Å². The molecular weight excluding hydrogens is 202 g/mol. The van der Waals surface area contributed by atoms with Gasteiger partial charge in [0.05, 0.1) is 12.7 Å². The second kappa shape index (κ2) is 6.16. The lowest BCUT2D eigenvalue weighted by Crippen LogP contribution is -2.14. The Bertz CT molecular complexity index is 332. The lowest BCUT2D eigenvalue weighted by molar-refractivity contribution is 0.0601. The van der Waals surface area contributed by atoms with Crippen molar-refractivity contribution in [2.24, 2.45) is 0 Å². The zero-order valence-electron chi connectivity index (χ0n) is 10.1. The highest BCUT2D eigenvalue weighted by Crippen LogP contribution is 2.12. The zero-order chi connectivity index (χ0) is 12.0. The minimum atomic E-state index is -0.298. The number of hydrogen-bond donors (Lipinski definition) is 1. The molecule has 1 aromatic carbocycles. The molecule has 0 saturated carbocycles. The molecule has 1 aromatic rings. The van der Waals surface area contributed by atoms with Crippen LogP contribution in [0.25, 0.3) is 0 Å². The van der Waals surface area contributed by atoms with Crippen molar-refractivity contribution >= 4 is 11.7 Å². The van der Waals surface area contributed by atoms with Crippen LogP contribution in [-0.4, -0.2) is 19.1 Å². The maximum absolute atomic E-state index is 11.2. The summed E-state index contributed by atoms with van der Waals surface area (Å²) in [6.45, 7) is 4.32. The number of benzene rings is 1. The molecule has 0 fully saturated rings. The highest BCUT2D eigenvalue weighted by atomic mass is 16.5. The Morgan fingerprint density at radius 2 is 2.00 bits per heavy atom. The maximum atomic E-state index is 11.2. The predicted molar refractivity (Wildman–Crippen MR) is 65.8 cm³/mol. The monoisotopic (exact) mass is 221 g/mol. The Morgan fingerprint density at radius 1 is 1.38 bits per heavy atom. The van der Waals surface area contributed by atoms with Gasteiger partial charge in [-0.05, 0) is 37.6 Å². The summed E-state index contributed by atoms with van der Waals surface area (Å²) >= 11 is 0. The average molecular weight is 221 g/mol. The van der Waals surface area contributed by atoms with E-state index in [9.17, 15) is 4.79 Å². The van der Waals surface area contributed by atoms with Crippen LogP contribution in [0.4, 0.5) is 5.69 Å². The molecule has 1 N–H and O–H groups in total. The Morgan fingerprint density at radius 3 is 2.50 bits per heavy atom. The van der Waals surface area contributed by atoms with E-state index >= 15 is 0 Å². The van der Waals surface area contributed by atoms with Crippen molar-refractivity contribution in [2.75, 3.05) is 12.4 Å². The van der Waals surface area contributed by atoms with E-state index in [1.54, 1.807) is 12.1 Å². The Hall–Kier alpha value is -1.51. The average Bonchev–Trinajstić information content (AvgIpc) is 2.29. The van der Waals surface area contributed by atoms with Gasteiger partial charge in [0.25, 0.3) is 0 Å². The van der Waals surface area contributed by atoms with Crippen LogP contribution in [0.1, 0.15) is 37.0 Å². The number of carbonyl (C=O) groups excluding carboxylic acids is 1. The van der Waals surface area contributed by atoms with Crippen molar-refractivity contribution in [2.45, 2.75) is 32.7 Å². The van der Waals surface area contributed by atoms with Gasteiger partial charge in [-0.25, -0.2) is 4.79 Å². The van der Waals surface area contributed by atoms with Gasteiger partial charge in [0.2, 0.25) is 0 Å². The third kappa shape index (κ3) is 3.57. The first kappa shape index (κ1) is 12.6. The first-order valence-electron chi connectivity index (χ1n) is 5.62. The molecule has 0 spiro atoms. The fourth-order valence-electron chi connectivity index (χ4n) is 1.61. The normalized spacial score (nSPS) is 11.9. The van der Waals surface area contributed by atoms with Crippen LogP contribution < -0.4 is 5.32 Å². The minimum absolute atomic E-state index is 0.298. The van der Waals surface area contributed by atoms with E-state index in [1.807, 2.05) is 12.1 Å². The molecule has 16 heavy (non-hydrogen) atoms. The fraction of sp³-hybridized carbons (Fsp3) is 0.462. The lowest BCUT2D eigenvalue weighted by atomic mass is 10.1. The van der Waals surface area contributed by atoms with Crippen molar-refractivity contribution < 1.29 is 9.53 Å². The van der Waals surface area contributed by atoms with Gasteiger partial charge in [-0.1, -0.05) is 13.3 Å². The van der Waals surface area contributed by atoms with Gasteiger partial charge in [-0.2, -0.15) is 0 Å². The number of esters is 1. The van der Waals surface area contributed by atoms with E-state index in [0.29, 0.717) is 11.6 Å². The summed E-state index contributed by atoms with van der Waals surface area (Å²) in [5.74, 6) is -0.298. The van der Waals surface area contributed by atoms with Gasteiger partial charge in [0.1, 0.15) is 0 Å². The number of carbonyl (C=O) groups is 1. The maximum Gasteiger partial charge on any atom is 0.337 e. The van der Waals surface area contributed by atoms with Gasteiger partial charge in [0.15, 0.2) is 0 Å². The van der Waals surface area contributed by atoms with Gasteiger partial charge in [-0.15, -0.1) is 0 Å². The summed E-state index contributed by atoms with van der Waals surface area (Å²) in [6.07, 6.45) is 2.30. The molecule has 1 rings (SSSR count). The van der Waals surface area contributed by atoms with Crippen molar-refractivity contribution in [3.05, 3.63) is 29.8 Å². The molecule has 0 radical (unpaired) electrons. The zero-order valence-corrected chi connectivity index (χ0v) is 10.1. The van der Waals surface area contributed by atoms with Crippen LogP contribution in [-0.2, 0) is 4.74 Å². The van der Waals surface area contributed by atoms with E-state index in [1.165, 1.54) is 7.11 Å². The molecule has 0 saturated heterocycles. The van der Waals surface area contributed by atoms with Crippen molar-refractivity contribution in [3.8, 4) is 0 Å². The van der Waals surface area contributed by atoms with E-state index in [-0.39, 0.29) is 5.97 Å². The largest absolute Gasteiger partial charge is 0.465 e. The summed E-state index contributed by atoms with van der Waals surface area (Å²) in [4.78, 5) is 11.2. The Kier molecular flexibility index (Phi) is 4.83. The SMILES string of the molecule is CCCC(C)Nc1ccc(C(=O)OC)cc1. The Labute approximate surface area is 96.8 Å². The molecule has 88 valence electrons. The standard InChI is InChI=1S/C13H19NO2/c1-4-5-10(2)14-12-8-6-11(7-9-12)13(15)16-3/h6-10,14H,4-5H2,1-3H3. The molecule has 0 aliphatic carbocycles. The lowest BCUT2D eigenvalue weighted by Gasteiger charge is -2.14. The van der Waals surface area contributed by atoms with Gasteiger partial charge >= 0.3 is 5.97 Å². The summed E-state index contributed by atoms with van der Waals surface area (Å²) in [7, 11) is 1.39. The van der Waals surface area contributed by atoms with Crippen molar-refractivity contribution in [3.63, 3.8) is 0 Å². The van der Waals surface area contributed by atoms with Crippen molar-refractivity contribution in [1.29, 1.82) is 0 Å². The van der Waals surface area contributed by atoms with Crippen LogP contribution in [0, 0.1) is 0 Å². The number of nitrogens with one attached hydrogen (secondary N) is 1. The smallest absolute Gasteiger partial charge is 0.337 e. The molecular formula is C13H19NO2. The molecule has 0 aliphatic heterocycles. The topological polar surface area (TPSA) is 38.3 Å². The van der Waals surface area contributed by atoms with E-state index in [2.05, 4.69) is 23.9 Å². The third-order valence-corrected chi connectivity index (χ3v) is 2.44. The van der Waals surface area contributed by atoms with E-state index in [4.69, 9.17) is 0 Å². The van der Waals surface area contributed by atoms with Crippen LogP contribution in [0.5, 0.6) is 0 Å². The summed E-state index contributed by atoms with van der Waals surface area (Å²) in [6, 6.07) is 7.80. The molecule has 0 amide bonds. The van der Waals surface area contributed by atoms with Crippen LogP contribution >= 0.6 is 0 Å². The molecule has 0 heterocycles. The molecule has 0 aromatic heterocycles. The molecule has 0 bridgehead atoms. The number of methoxy groups -OCH3 is 1. The second-order valence-electron chi connectivity index (χ2n) is 3.90. The van der Waals surface area contributed by atoms with Gasteiger partial charge < -0.3 is 10.1 Å². The summed E-state index contributed by atoms with van der Waals surface area (Å²) in [5.41, 5.74) is 1.62. The van der Waals surface area contributed by atoms with E-state index < -0.39 is 0 Å².